The number of carbonyl (C=O) groups is 1. The highest BCUT2D eigenvalue weighted by atomic mass is 16.5. The predicted octanol–water partition coefficient (Wildman–Crippen LogP) is 4.05. The number of carbonyl (C=O) groups excluding carboxylic acids is 1. The number of benzene rings is 3. The van der Waals surface area contributed by atoms with Gasteiger partial charge in [-0.3, -0.25) is 4.79 Å². The fourth-order valence-corrected chi connectivity index (χ4v) is 2.44. The largest absolute Gasteiger partial charge is 0.483 e. The van der Waals surface area contributed by atoms with Gasteiger partial charge in [0.15, 0.2) is 6.61 Å². The lowest BCUT2D eigenvalue weighted by molar-refractivity contribution is -0.123. The van der Waals surface area contributed by atoms with Gasteiger partial charge in [-0.2, -0.15) is 0 Å². The van der Waals surface area contributed by atoms with Gasteiger partial charge in [-0.25, -0.2) is 0 Å². The highest BCUT2D eigenvalue weighted by molar-refractivity contribution is 5.78. The topological polar surface area (TPSA) is 38.3 Å². The van der Waals surface area contributed by atoms with E-state index < -0.39 is 0 Å². The summed E-state index contributed by atoms with van der Waals surface area (Å²) in [6.07, 6.45) is 0. The minimum Gasteiger partial charge on any atom is -0.483 e. The molecule has 0 unspecified atom stereocenters. The van der Waals surface area contributed by atoms with Crippen LogP contribution in [0.15, 0.2) is 84.9 Å². The summed E-state index contributed by atoms with van der Waals surface area (Å²) in [7, 11) is 0. The summed E-state index contributed by atoms with van der Waals surface area (Å²) in [5.74, 6) is 0.570. The van der Waals surface area contributed by atoms with Crippen molar-refractivity contribution in [1.29, 1.82) is 0 Å². The van der Waals surface area contributed by atoms with Gasteiger partial charge in [0.1, 0.15) is 5.75 Å². The molecule has 1 amide bonds. The Morgan fingerprint density at radius 2 is 1.42 bits per heavy atom. The van der Waals surface area contributed by atoms with Crippen LogP contribution in [0.25, 0.3) is 11.1 Å². The number of rotatable bonds is 6. The molecule has 120 valence electrons. The molecule has 3 nitrogen and oxygen atoms in total. The summed E-state index contributed by atoms with van der Waals surface area (Å²) in [4.78, 5) is 12.0. The first kappa shape index (κ1) is 15.8. The van der Waals surface area contributed by atoms with Gasteiger partial charge in [-0.15, -0.1) is 0 Å². The number of hydrogen-bond acceptors (Lipinski definition) is 2. The lowest BCUT2D eigenvalue weighted by Crippen LogP contribution is -2.28. The highest BCUT2D eigenvalue weighted by Crippen LogP contribution is 2.29. The smallest absolute Gasteiger partial charge is 0.258 e. The molecule has 0 saturated heterocycles. The van der Waals surface area contributed by atoms with Crippen molar-refractivity contribution in [3.63, 3.8) is 0 Å². The van der Waals surface area contributed by atoms with E-state index in [4.69, 9.17) is 4.74 Å². The lowest BCUT2D eigenvalue weighted by atomic mass is 10.1. The molecule has 0 aromatic heterocycles. The van der Waals surface area contributed by atoms with Crippen molar-refractivity contribution in [3.05, 3.63) is 90.5 Å². The van der Waals surface area contributed by atoms with Crippen molar-refractivity contribution in [3.8, 4) is 16.9 Å². The van der Waals surface area contributed by atoms with E-state index in [0.717, 1.165) is 16.7 Å². The third-order valence-electron chi connectivity index (χ3n) is 3.66. The fourth-order valence-electron chi connectivity index (χ4n) is 2.44. The molecule has 0 aliphatic rings. The first-order valence-electron chi connectivity index (χ1n) is 7.91. The van der Waals surface area contributed by atoms with E-state index in [1.54, 1.807) is 0 Å². The minimum atomic E-state index is -0.137. The van der Waals surface area contributed by atoms with Crippen molar-refractivity contribution in [2.24, 2.45) is 0 Å². The Bertz CT molecular complexity index is 785. The zero-order valence-electron chi connectivity index (χ0n) is 13.3. The maximum atomic E-state index is 12.0. The molecule has 1 N–H and O–H groups in total. The van der Waals surface area contributed by atoms with Crippen molar-refractivity contribution in [2.45, 2.75) is 6.54 Å². The molecule has 3 heteroatoms. The molecule has 0 heterocycles. The zero-order chi connectivity index (χ0) is 16.6. The molecule has 3 aromatic carbocycles. The second-order valence-corrected chi connectivity index (χ2v) is 5.41. The molecule has 0 aliphatic carbocycles. The molecular formula is C21H19NO2. The van der Waals surface area contributed by atoms with E-state index in [0.29, 0.717) is 12.3 Å². The third-order valence-corrected chi connectivity index (χ3v) is 3.66. The Kier molecular flexibility index (Phi) is 5.25. The van der Waals surface area contributed by atoms with E-state index >= 15 is 0 Å². The fraction of sp³-hybridized carbons (Fsp3) is 0.0952. The molecule has 24 heavy (non-hydrogen) atoms. The van der Waals surface area contributed by atoms with Gasteiger partial charge in [-0.1, -0.05) is 78.9 Å². The summed E-state index contributed by atoms with van der Waals surface area (Å²) >= 11 is 0. The highest BCUT2D eigenvalue weighted by Gasteiger charge is 2.08. The molecule has 3 aromatic rings. The molecular weight excluding hydrogens is 298 g/mol. The number of ether oxygens (including phenoxy) is 1. The van der Waals surface area contributed by atoms with Crippen LogP contribution in [0.4, 0.5) is 0 Å². The maximum absolute atomic E-state index is 12.0. The Labute approximate surface area is 141 Å². The quantitative estimate of drug-likeness (QED) is 0.745. The number of amides is 1. The van der Waals surface area contributed by atoms with Crippen molar-refractivity contribution in [1.82, 2.24) is 5.32 Å². The van der Waals surface area contributed by atoms with E-state index in [1.165, 1.54) is 0 Å². The Balaban J connectivity index is 1.60. The Morgan fingerprint density at radius 3 is 2.17 bits per heavy atom. The molecule has 0 radical (unpaired) electrons. The predicted molar refractivity (Wildman–Crippen MR) is 95.7 cm³/mol. The monoisotopic (exact) mass is 317 g/mol. The van der Waals surface area contributed by atoms with Crippen LogP contribution >= 0.6 is 0 Å². The van der Waals surface area contributed by atoms with Crippen LogP contribution in [-0.4, -0.2) is 12.5 Å². The van der Waals surface area contributed by atoms with Gasteiger partial charge in [0.05, 0.1) is 0 Å². The Morgan fingerprint density at radius 1 is 0.792 bits per heavy atom. The van der Waals surface area contributed by atoms with Crippen LogP contribution in [0, 0.1) is 0 Å². The van der Waals surface area contributed by atoms with Gasteiger partial charge >= 0.3 is 0 Å². The summed E-state index contributed by atoms with van der Waals surface area (Å²) in [6, 6.07) is 27.6. The van der Waals surface area contributed by atoms with Crippen LogP contribution < -0.4 is 10.1 Å². The lowest BCUT2D eigenvalue weighted by Gasteiger charge is -2.12. The molecule has 0 bridgehead atoms. The van der Waals surface area contributed by atoms with E-state index in [2.05, 4.69) is 5.32 Å². The van der Waals surface area contributed by atoms with Crippen molar-refractivity contribution in [2.75, 3.05) is 6.61 Å². The normalized spacial score (nSPS) is 10.2. The Hall–Kier alpha value is -3.07. The molecule has 0 spiro atoms. The molecule has 3 rings (SSSR count). The summed E-state index contributed by atoms with van der Waals surface area (Å²) in [6.45, 7) is 0.500. The van der Waals surface area contributed by atoms with E-state index in [1.807, 2.05) is 84.9 Å². The van der Waals surface area contributed by atoms with Gasteiger partial charge in [0.2, 0.25) is 0 Å². The van der Waals surface area contributed by atoms with Crippen LogP contribution in [0.3, 0.4) is 0 Å². The van der Waals surface area contributed by atoms with Gasteiger partial charge in [0.25, 0.3) is 5.91 Å². The SMILES string of the molecule is O=C(COc1ccccc1-c1ccccc1)NCc1ccccc1. The van der Waals surface area contributed by atoms with Crippen LogP contribution in [0.5, 0.6) is 5.75 Å². The average molecular weight is 317 g/mol. The van der Waals surface area contributed by atoms with Gasteiger partial charge in [-0.05, 0) is 17.2 Å². The van der Waals surface area contributed by atoms with Gasteiger partial charge < -0.3 is 10.1 Å². The standard InChI is InChI=1S/C21H19NO2/c23-21(22-15-17-9-3-1-4-10-17)16-24-20-14-8-7-13-19(20)18-11-5-2-6-12-18/h1-14H,15-16H2,(H,22,23). The molecule has 0 atom stereocenters. The number of hydrogen-bond donors (Lipinski definition) is 1. The summed E-state index contributed by atoms with van der Waals surface area (Å²) < 4.78 is 5.73. The van der Waals surface area contributed by atoms with E-state index in [9.17, 15) is 4.79 Å². The minimum absolute atomic E-state index is 0.00329. The van der Waals surface area contributed by atoms with Gasteiger partial charge in [0, 0.05) is 12.1 Å². The molecule has 0 saturated carbocycles. The average Bonchev–Trinajstić information content (AvgIpc) is 2.66. The molecule has 0 aliphatic heterocycles. The zero-order valence-corrected chi connectivity index (χ0v) is 13.3. The maximum Gasteiger partial charge on any atom is 0.258 e. The number of para-hydroxylation sites is 1. The summed E-state index contributed by atoms with van der Waals surface area (Å²) in [5.41, 5.74) is 3.11. The van der Waals surface area contributed by atoms with Crippen molar-refractivity contribution < 1.29 is 9.53 Å². The van der Waals surface area contributed by atoms with Crippen LogP contribution in [0.1, 0.15) is 5.56 Å². The van der Waals surface area contributed by atoms with Crippen LogP contribution in [-0.2, 0) is 11.3 Å². The van der Waals surface area contributed by atoms with Crippen LogP contribution in [0.2, 0.25) is 0 Å². The van der Waals surface area contributed by atoms with Crippen molar-refractivity contribution >= 4 is 5.91 Å². The second-order valence-electron chi connectivity index (χ2n) is 5.41. The van der Waals surface area contributed by atoms with E-state index in [-0.39, 0.29) is 12.5 Å². The summed E-state index contributed by atoms with van der Waals surface area (Å²) in [5, 5.41) is 2.86. The first-order valence-corrected chi connectivity index (χ1v) is 7.91. The number of nitrogens with one attached hydrogen (secondary N) is 1. The third kappa shape index (κ3) is 4.23. The molecule has 0 fully saturated rings. The second kappa shape index (κ2) is 7.97. The first-order chi connectivity index (χ1) is 11.8.